The SMILES string of the molecule is CCc1cccc(C)c1NC(=O)[C@H](C)N(c1cc(Cl)cc(Cl)c1)S(C)(=O)=O. The summed E-state index contributed by atoms with van der Waals surface area (Å²) in [4.78, 5) is 12.9. The van der Waals surface area contributed by atoms with Gasteiger partial charge < -0.3 is 5.32 Å². The molecule has 146 valence electrons. The van der Waals surface area contributed by atoms with E-state index in [0.29, 0.717) is 5.69 Å². The number of halogens is 2. The Kier molecular flexibility index (Phi) is 6.78. The minimum absolute atomic E-state index is 0.234. The van der Waals surface area contributed by atoms with E-state index in [1.54, 1.807) is 0 Å². The Morgan fingerprint density at radius 3 is 2.30 bits per heavy atom. The summed E-state index contributed by atoms with van der Waals surface area (Å²) in [5.41, 5.74) is 2.83. The topological polar surface area (TPSA) is 66.5 Å². The molecule has 1 N–H and O–H groups in total. The molecule has 2 aromatic rings. The zero-order valence-electron chi connectivity index (χ0n) is 15.6. The van der Waals surface area contributed by atoms with Gasteiger partial charge in [-0.25, -0.2) is 8.42 Å². The van der Waals surface area contributed by atoms with Crippen LogP contribution in [-0.4, -0.2) is 26.6 Å². The average Bonchev–Trinajstić information content (AvgIpc) is 2.54. The highest BCUT2D eigenvalue weighted by Gasteiger charge is 2.30. The van der Waals surface area contributed by atoms with Crippen LogP contribution in [0.4, 0.5) is 11.4 Å². The van der Waals surface area contributed by atoms with Crippen LogP contribution in [0.5, 0.6) is 0 Å². The summed E-state index contributed by atoms with van der Waals surface area (Å²) in [6.45, 7) is 5.41. The summed E-state index contributed by atoms with van der Waals surface area (Å²) in [6.07, 6.45) is 1.78. The van der Waals surface area contributed by atoms with Crippen LogP contribution in [0.15, 0.2) is 36.4 Å². The number of anilines is 2. The van der Waals surface area contributed by atoms with Gasteiger partial charge in [-0.3, -0.25) is 9.10 Å². The molecule has 0 saturated heterocycles. The van der Waals surface area contributed by atoms with E-state index in [9.17, 15) is 13.2 Å². The van der Waals surface area contributed by atoms with Crippen LogP contribution in [-0.2, 0) is 21.2 Å². The first-order valence-corrected chi connectivity index (χ1v) is 11.0. The monoisotopic (exact) mass is 428 g/mol. The molecule has 0 heterocycles. The van der Waals surface area contributed by atoms with Crippen molar-refractivity contribution < 1.29 is 13.2 Å². The second kappa shape index (κ2) is 8.50. The van der Waals surface area contributed by atoms with Gasteiger partial charge in [0.1, 0.15) is 6.04 Å². The highest BCUT2D eigenvalue weighted by atomic mass is 35.5. The Labute approximate surface area is 170 Å². The van der Waals surface area contributed by atoms with Crippen molar-refractivity contribution in [1.82, 2.24) is 0 Å². The molecule has 5 nitrogen and oxygen atoms in total. The summed E-state index contributed by atoms with van der Waals surface area (Å²) in [7, 11) is -3.76. The lowest BCUT2D eigenvalue weighted by molar-refractivity contribution is -0.116. The normalized spacial score (nSPS) is 12.5. The zero-order valence-corrected chi connectivity index (χ0v) is 17.9. The third-order valence-electron chi connectivity index (χ3n) is 4.18. The minimum atomic E-state index is -3.76. The maximum Gasteiger partial charge on any atom is 0.248 e. The maximum absolute atomic E-state index is 12.9. The van der Waals surface area contributed by atoms with E-state index >= 15 is 0 Å². The van der Waals surface area contributed by atoms with Gasteiger partial charge in [0.15, 0.2) is 0 Å². The first-order valence-electron chi connectivity index (χ1n) is 8.39. The molecule has 0 bridgehead atoms. The predicted octanol–water partition coefficient (Wildman–Crippen LogP) is 4.66. The summed E-state index contributed by atoms with van der Waals surface area (Å²) >= 11 is 12.0. The van der Waals surface area contributed by atoms with Crippen LogP contribution < -0.4 is 9.62 Å². The van der Waals surface area contributed by atoms with Gasteiger partial charge in [-0.05, 0) is 49.6 Å². The average molecular weight is 429 g/mol. The van der Waals surface area contributed by atoms with Gasteiger partial charge in [0.25, 0.3) is 0 Å². The number of sulfonamides is 1. The number of aryl methyl sites for hydroxylation is 2. The van der Waals surface area contributed by atoms with Crippen molar-refractivity contribution in [1.29, 1.82) is 0 Å². The van der Waals surface area contributed by atoms with Crippen LogP contribution in [0.3, 0.4) is 0 Å². The molecule has 0 saturated carbocycles. The van der Waals surface area contributed by atoms with Crippen molar-refractivity contribution >= 4 is 50.5 Å². The Morgan fingerprint density at radius 2 is 1.78 bits per heavy atom. The van der Waals surface area contributed by atoms with Gasteiger partial charge in [0, 0.05) is 15.7 Å². The molecule has 8 heteroatoms. The summed E-state index contributed by atoms with van der Waals surface area (Å²) in [6, 6.07) is 9.16. The van der Waals surface area contributed by atoms with Crippen molar-refractivity contribution in [2.24, 2.45) is 0 Å². The first kappa shape index (κ1) is 21.5. The fourth-order valence-corrected chi connectivity index (χ4v) is 4.58. The standard InChI is InChI=1S/C19H22Cl2N2O3S/c1-5-14-8-6-7-12(2)18(14)22-19(24)13(3)23(27(4,25)26)17-10-15(20)9-16(21)11-17/h6-11,13H,5H2,1-4H3,(H,22,24)/t13-/m0/s1. The molecule has 27 heavy (non-hydrogen) atoms. The van der Waals surface area contributed by atoms with E-state index in [-0.39, 0.29) is 15.7 Å². The molecule has 0 aromatic heterocycles. The highest BCUT2D eigenvalue weighted by Crippen LogP contribution is 2.29. The number of carbonyl (C=O) groups excluding carboxylic acids is 1. The van der Waals surface area contributed by atoms with E-state index in [2.05, 4.69) is 5.32 Å². The van der Waals surface area contributed by atoms with E-state index in [0.717, 1.165) is 28.1 Å². The van der Waals surface area contributed by atoms with Crippen LogP contribution in [0.25, 0.3) is 0 Å². The number of hydrogen-bond donors (Lipinski definition) is 1. The van der Waals surface area contributed by atoms with Crippen LogP contribution in [0, 0.1) is 6.92 Å². The number of hydrogen-bond acceptors (Lipinski definition) is 3. The molecule has 0 aliphatic heterocycles. The summed E-state index contributed by atoms with van der Waals surface area (Å²) in [5, 5.41) is 3.44. The van der Waals surface area contributed by atoms with Crippen molar-refractivity contribution in [3.05, 3.63) is 57.6 Å². The molecular formula is C19H22Cl2N2O3S. The molecular weight excluding hydrogens is 407 g/mol. The van der Waals surface area contributed by atoms with Gasteiger partial charge in [0.2, 0.25) is 15.9 Å². The maximum atomic E-state index is 12.9. The largest absolute Gasteiger partial charge is 0.324 e. The van der Waals surface area contributed by atoms with Gasteiger partial charge in [0.05, 0.1) is 11.9 Å². The number of rotatable bonds is 6. The Hall–Kier alpha value is -1.76. The molecule has 1 atom stereocenters. The lowest BCUT2D eigenvalue weighted by Gasteiger charge is -2.29. The van der Waals surface area contributed by atoms with Crippen molar-refractivity contribution in [3.63, 3.8) is 0 Å². The van der Waals surface area contributed by atoms with E-state index in [1.807, 2.05) is 32.0 Å². The van der Waals surface area contributed by atoms with Gasteiger partial charge in [-0.2, -0.15) is 0 Å². The lowest BCUT2D eigenvalue weighted by Crippen LogP contribution is -2.45. The fourth-order valence-electron chi connectivity index (χ4n) is 2.90. The smallest absolute Gasteiger partial charge is 0.248 e. The Morgan fingerprint density at radius 1 is 1.19 bits per heavy atom. The molecule has 2 rings (SSSR count). The summed E-state index contributed by atoms with van der Waals surface area (Å²) < 4.78 is 25.8. The van der Waals surface area contributed by atoms with Crippen LogP contribution in [0.2, 0.25) is 10.0 Å². The third kappa shape index (κ3) is 5.15. The molecule has 0 aliphatic rings. The van der Waals surface area contributed by atoms with E-state index in [4.69, 9.17) is 23.2 Å². The highest BCUT2D eigenvalue weighted by molar-refractivity contribution is 7.92. The number of nitrogens with zero attached hydrogens (tertiary/aromatic N) is 1. The van der Waals surface area contributed by atoms with Crippen molar-refractivity contribution in [3.8, 4) is 0 Å². The fraction of sp³-hybridized carbons (Fsp3) is 0.316. The second-order valence-electron chi connectivity index (χ2n) is 6.31. The van der Waals surface area contributed by atoms with Crippen LogP contribution in [0.1, 0.15) is 25.0 Å². The van der Waals surface area contributed by atoms with Gasteiger partial charge in [-0.15, -0.1) is 0 Å². The quantitative estimate of drug-likeness (QED) is 0.727. The number of carbonyl (C=O) groups is 1. The van der Waals surface area contributed by atoms with E-state index in [1.165, 1.54) is 25.1 Å². The van der Waals surface area contributed by atoms with Crippen molar-refractivity contribution in [2.75, 3.05) is 15.9 Å². The van der Waals surface area contributed by atoms with E-state index < -0.39 is 22.0 Å². The molecule has 2 aromatic carbocycles. The van der Waals surface area contributed by atoms with Gasteiger partial charge in [-0.1, -0.05) is 48.3 Å². The zero-order chi connectivity index (χ0) is 20.4. The molecule has 0 fully saturated rings. The second-order valence-corrected chi connectivity index (χ2v) is 9.05. The molecule has 0 spiro atoms. The van der Waals surface area contributed by atoms with Crippen molar-refractivity contribution in [2.45, 2.75) is 33.2 Å². The molecule has 1 amide bonds. The molecule has 0 aliphatic carbocycles. The number of benzene rings is 2. The Bertz CT molecular complexity index is 941. The first-order chi connectivity index (χ1) is 12.5. The van der Waals surface area contributed by atoms with Gasteiger partial charge >= 0.3 is 0 Å². The number of nitrogens with one attached hydrogen (secondary N) is 1. The number of amides is 1. The molecule has 0 radical (unpaired) electrons. The molecule has 0 unspecified atom stereocenters. The lowest BCUT2D eigenvalue weighted by atomic mass is 10.1. The number of para-hydroxylation sites is 1. The van der Waals surface area contributed by atoms with Crippen LogP contribution >= 0.6 is 23.2 Å². The third-order valence-corrected chi connectivity index (χ3v) is 5.86. The summed E-state index contributed by atoms with van der Waals surface area (Å²) in [5.74, 6) is -0.444. The minimum Gasteiger partial charge on any atom is -0.324 e. The predicted molar refractivity (Wildman–Crippen MR) is 112 cm³/mol. The Balaban J connectivity index is 2.42.